The number of rotatable bonds is 1. The van der Waals surface area contributed by atoms with E-state index >= 15 is 0 Å². The third kappa shape index (κ3) is 1.78. The third-order valence-corrected chi connectivity index (χ3v) is 3.96. The van der Waals surface area contributed by atoms with E-state index in [0.29, 0.717) is 5.92 Å². The second kappa shape index (κ2) is 3.21. The van der Waals surface area contributed by atoms with Gasteiger partial charge in [-0.15, -0.1) is 0 Å². The van der Waals surface area contributed by atoms with E-state index in [-0.39, 0.29) is 23.3 Å². The molecule has 86 valence electrons. The van der Waals surface area contributed by atoms with Crippen LogP contribution in [-0.4, -0.2) is 23.3 Å². The molecule has 0 aromatic rings. The summed E-state index contributed by atoms with van der Waals surface area (Å²) in [6.07, 6.45) is 3.07. The van der Waals surface area contributed by atoms with Gasteiger partial charge in [-0.05, 0) is 46.0 Å². The van der Waals surface area contributed by atoms with Crippen molar-refractivity contribution >= 4 is 5.97 Å². The van der Waals surface area contributed by atoms with E-state index in [2.05, 4.69) is 20.8 Å². The van der Waals surface area contributed by atoms with Crippen LogP contribution in [0.1, 0.15) is 47.0 Å². The molecule has 1 aliphatic carbocycles. The molecule has 15 heavy (non-hydrogen) atoms. The van der Waals surface area contributed by atoms with Gasteiger partial charge in [0.1, 0.15) is 11.7 Å². The Hall–Kier alpha value is -0.570. The molecule has 0 aromatic heterocycles. The fourth-order valence-corrected chi connectivity index (χ4v) is 3.05. The van der Waals surface area contributed by atoms with Gasteiger partial charge in [0.25, 0.3) is 0 Å². The van der Waals surface area contributed by atoms with Crippen LogP contribution in [0.15, 0.2) is 0 Å². The van der Waals surface area contributed by atoms with Gasteiger partial charge in [-0.3, -0.25) is 4.79 Å². The lowest BCUT2D eigenvalue weighted by atomic mass is 9.67. The summed E-state index contributed by atoms with van der Waals surface area (Å²) in [4.78, 5) is 11.0. The summed E-state index contributed by atoms with van der Waals surface area (Å²) < 4.78 is 11.5. The van der Waals surface area contributed by atoms with Gasteiger partial charge in [0, 0.05) is 6.92 Å². The minimum atomic E-state index is -0.274. The molecule has 0 N–H and O–H groups in total. The molecule has 2 bridgehead atoms. The van der Waals surface area contributed by atoms with Gasteiger partial charge in [-0.1, -0.05) is 0 Å². The maximum Gasteiger partial charge on any atom is 0.303 e. The molecule has 0 spiro atoms. The van der Waals surface area contributed by atoms with Gasteiger partial charge >= 0.3 is 5.97 Å². The molecule has 3 atom stereocenters. The van der Waals surface area contributed by atoms with Crippen molar-refractivity contribution in [1.29, 1.82) is 0 Å². The molecule has 3 fully saturated rings. The molecule has 0 aromatic carbocycles. The maximum absolute atomic E-state index is 11.0. The van der Waals surface area contributed by atoms with Crippen molar-refractivity contribution in [2.75, 3.05) is 0 Å². The first-order chi connectivity index (χ1) is 6.83. The van der Waals surface area contributed by atoms with Gasteiger partial charge in [0.05, 0.1) is 5.60 Å². The monoisotopic (exact) mass is 212 g/mol. The van der Waals surface area contributed by atoms with Crippen molar-refractivity contribution < 1.29 is 14.3 Å². The van der Waals surface area contributed by atoms with Gasteiger partial charge < -0.3 is 9.47 Å². The average Bonchev–Trinajstić information content (AvgIpc) is 2.04. The number of ether oxygens (including phenoxy) is 2. The molecule has 2 heterocycles. The summed E-state index contributed by atoms with van der Waals surface area (Å²) in [5.41, 5.74) is -0.340. The summed E-state index contributed by atoms with van der Waals surface area (Å²) in [6, 6.07) is 0. The smallest absolute Gasteiger partial charge is 0.303 e. The van der Waals surface area contributed by atoms with Crippen molar-refractivity contribution in [1.82, 2.24) is 0 Å². The summed E-state index contributed by atoms with van der Waals surface area (Å²) in [7, 11) is 0. The van der Waals surface area contributed by atoms with Crippen LogP contribution >= 0.6 is 0 Å². The zero-order valence-electron chi connectivity index (χ0n) is 10.0. The van der Waals surface area contributed by atoms with Crippen LogP contribution in [0.2, 0.25) is 0 Å². The first kappa shape index (κ1) is 10.9. The van der Waals surface area contributed by atoms with Crippen LogP contribution in [0, 0.1) is 5.92 Å². The molecule has 0 amide bonds. The highest BCUT2D eigenvalue weighted by atomic mass is 16.6. The Kier molecular flexibility index (Phi) is 2.34. The largest absolute Gasteiger partial charge is 0.459 e. The summed E-state index contributed by atoms with van der Waals surface area (Å²) in [5.74, 6) is 0.318. The van der Waals surface area contributed by atoms with Crippen LogP contribution in [0.5, 0.6) is 0 Å². The number of hydrogen-bond donors (Lipinski definition) is 0. The fourth-order valence-electron chi connectivity index (χ4n) is 3.05. The van der Waals surface area contributed by atoms with Gasteiger partial charge in [-0.2, -0.15) is 0 Å². The van der Waals surface area contributed by atoms with E-state index in [1.54, 1.807) is 0 Å². The molecule has 1 saturated carbocycles. The Labute approximate surface area is 91.1 Å². The highest BCUT2D eigenvalue weighted by Crippen LogP contribution is 2.50. The zero-order chi connectivity index (χ0) is 11.3. The Morgan fingerprint density at radius 3 is 2.53 bits per heavy atom. The normalized spacial score (nSPS) is 42.7. The fraction of sp³-hybridized carbons (Fsp3) is 0.917. The highest BCUT2D eigenvalue weighted by molar-refractivity contribution is 5.66. The van der Waals surface area contributed by atoms with Gasteiger partial charge in [0.15, 0.2) is 0 Å². The number of hydrogen-bond acceptors (Lipinski definition) is 3. The van der Waals surface area contributed by atoms with E-state index in [4.69, 9.17) is 9.47 Å². The van der Waals surface area contributed by atoms with Crippen molar-refractivity contribution in [3.05, 3.63) is 0 Å². The van der Waals surface area contributed by atoms with Crippen molar-refractivity contribution in [2.24, 2.45) is 5.92 Å². The lowest BCUT2D eigenvalue weighted by Crippen LogP contribution is -2.62. The maximum atomic E-state index is 11.0. The lowest BCUT2D eigenvalue weighted by molar-refractivity contribution is -0.277. The Balaban J connectivity index is 2.17. The molecule has 0 unspecified atom stereocenters. The molecular weight excluding hydrogens is 192 g/mol. The first-order valence-electron chi connectivity index (χ1n) is 5.71. The second-order valence-corrected chi connectivity index (χ2v) is 5.59. The minimum absolute atomic E-state index is 0.0539. The minimum Gasteiger partial charge on any atom is -0.459 e. The topological polar surface area (TPSA) is 35.5 Å². The van der Waals surface area contributed by atoms with E-state index < -0.39 is 0 Å². The van der Waals surface area contributed by atoms with E-state index in [0.717, 1.165) is 12.8 Å². The highest BCUT2D eigenvalue weighted by Gasteiger charge is 2.55. The SMILES string of the molecule is CC(=O)O[C@@H]1C[C@@H]2CC[C@@]1(C)OC2(C)C. The quantitative estimate of drug-likeness (QED) is 0.625. The third-order valence-electron chi connectivity index (χ3n) is 3.96. The number of esters is 1. The van der Waals surface area contributed by atoms with E-state index in [9.17, 15) is 4.79 Å². The standard InChI is InChI=1S/C12H20O3/c1-8(13)14-10-7-9-5-6-12(10,4)15-11(9,2)3/h9-10H,5-7H2,1-4H3/t9-,10+,12+/m0/s1. The molecule has 3 nitrogen and oxygen atoms in total. The molecule has 3 heteroatoms. The van der Waals surface area contributed by atoms with Crippen LogP contribution < -0.4 is 0 Å². The second-order valence-electron chi connectivity index (χ2n) is 5.59. The van der Waals surface area contributed by atoms with Crippen LogP contribution in [-0.2, 0) is 14.3 Å². The van der Waals surface area contributed by atoms with E-state index in [1.807, 2.05) is 0 Å². The average molecular weight is 212 g/mol. The number of carbonyl (C=O) groups excluding carboxylic acids is 1. The molecule has 2 saturated heterocycles. The Morgan fingerprint density at radius 2 is 2.07 bits per heavy atom. The van der Waals surface area contributed by atoms with Crippen LogP contribution in [0.25, 0.3) is 0 Å². The van der Waals surface area contributed by atoms with Crippen molar-refractivity contribution in [3.8, 4) is 0 Å². The predicted molar refractivity (Wildman–Crippen MR) is 56.5 cm³/mol. The van der Waals surface area contributed by atoms with E-state index in [1.165, 1.54) is 13.3 Å². The van der Waals surface area contributed by atoms with Crippen LogP contribution in [0.3, 0.4) is 0 Å². The van der Waals surface area contributed by atoms with Crippen LogP contribution in [0.4, 0.5) is 0 Å². The molecule has 3 rings (SSSR count). The Morgan fingerprint density at radius 1 is 1.40 bits per heavy atom. The summed E-state index contributed by atoms with van der Waals surface area (Å²) in [5, 5.41) is 0. The first-order valence-corrected chi connectivity index (χ1v) is 5.71. The zero-order valence-corrected chi connectivity index (χ0v) is 10.0. The lowest BCUT2D eigenvalue weighted by Gasteiger charge is -2.56. The molecule has 2 aliphatic heterocycles. The van der Waals surface area contributed by atoms with Crippen molar-refractivity contribution in [3.63, 3.8) is 0 Å². The number of fused-ring (bicyclic) bond motifs is 3. The Bertz CT molecular complexity index is 285. The predicted octanol–water partition coefficient (Wildman–Crippen LogP) is 2.29. The number of carbonyl (C=O) groups is 1. The molecular formula is C12H20O3. The molecule has 3 aliphatic rings. The van der Waals surface area contributed by atoms with Gasteiger partial charge in [-0.25, -0.2) is 0 Å². The van der Waals surface area contributed by atoms with Gasteiger partial charge in [0.2, 0.25) is 0 Å². The summed E-state index contributed by atoms with van der Waals surface area (Å²) >= 11 is 0. The van der Waals surface area contributed by atoms with Crippen molar-refractivity contribution in [2.45, 2.75) is 64.3 Å². The molecule has 0 radical (unpaired) electrons. The summed E-state index contributed by atoms with van der Waals surface area (Å²) in [6.45, 7) is 7.81.